The third-order valence-electron chi connectivity index (χ3n) is 3.47. The van der Waals surface area contributed by atoms with Crippen LogP contribution in [0.4, 0.5) is 10.8 Å². The summed E-state index contributed by atoms with van der Waals surface area (Å²) in [5.74, 6) is -1.67. The van der Waals surface area contributed by atoms with Crippen molar-refractivity contribution in [3.63, 3.8) is 0 Å². The van der Waals surface area contributed by atoms with Gasteiger partial charge in [-0.2, -0.15) is 0 Å². The van der Waals surface area contributed by atoms with Crippen LogP contribution < -0.4 is 10.0 Å². The van der Waals surface area contributed by atoms with Gasteiger partial charge in [0.25, 0.3) is 15.9 Å². The van der Waals surface area contributed by atoms with E-state index in [0.29, 0.717) is 0 Å². The van der Waals surface area contributed by atoms with Crippen molar-refractivity contribution in [2.24, 2.45) is 0 Å². The molecule has 0 spiro atoms. The summed E-state index contributed by atoms with van der Waals surface area (Å²) < 4.78 is 27.5. The number of thiazole rings is 1. The van der Waals surface area contributed by atoms with Crippen molar-refractivity contribution in [1.82, 2.24) is 4.98 Å². The molecular weight excluding hydrogens is 390 g/mol. The number of rotatable bonds is 6. The van der Waals surface area contributed by atoms with Gasteiger partial charge in [-0.05, 0) is 36.4 Å². The van der Waals surface area contributed by atoms with E-state index in [2.05, 4.69) is 15.0 Å². The van der Waals surface area contributed by atoms with Crippen LogP contribution in [0.5, 0.6) is 0 Å². The van der Waals surface area contributed by atoms with E-state index in [-0.39, 0.29) is 26.8 Å². The van der Waals surface area contributed by atoms with Crippen molar-refractivity contribution in [3.8, 4) is 0 Å². The molecule has 0 saturated heterocycles. The number of hydrogen-bond donors (Lipinski definition) is 3. The number of anilines is 2. The van der Waals surface area contributed by atoms with Crippen molar-refractivity contribution >= 4 is 44.1 Å². The SMILES string of the molecule is O=C(O)c1ccc(C(=O)Nc2ccccc2S(=O)(=O)Nc2nccs2)cc1. The number of aromatic carboxylic acids is 1. The summed E-state index contributed by atoms with van der Waals surface area (Å²) in [5, 5.41) is 13.3. The van der Waals surface area contributed by atoms with Gasteiger partial charge in [0.2, 0.25) is 0 Å². The molecule has 0 aliphatic carbocycles. The molecule has 3 N–H and O–H groups in total. The zero-order chi connectivity index (χ0) is 19.4. The first-order chi connectivity index (χ1) is 12.9. The van der Waals surface area contributed by atoms with E-state index in [1.807, 2.05) is 0 Å². The standard InChI is InChI=1S/C17H13N3O5S2/c21-15(11-5-7-12(8-6-11)16(22)23)19-13-3-1-2-4-14(13)27(24,25)20-17-18-9-10-26-17/h1-10H,(H,18,20)(H,19,21)(H,22,23). The van der Waals surface area contributed by atoms with Crippen LogP contribution >= 0.6 is 11.3 Å². The Morgan fingerprint density at radius 1 is 1.00 bits per heavy atom. The number of amides is 1. The molecule has 138 valence electrons. The van der Waals surface area contributed by atoms with Gasteiger partial charge in [-0.1, -0.05) is 12.1 Å². The van der Waals surface area contributed by atoms with Crippen molar-refractivity contribution < 1.29 is 23.1 Å². The maximum Gasteiger partial charge on any atom is 0.335 e. The van der Waals surface area contributed by atoms with Crippen molar-refractivity contribution in [1.29, 1.82) is 0 Å². The summed E-state index contributed by atoms with van der Waals surface area (Å²) >= 11 is 1.13. The lowest BCUT2D eigenvalue weighted by atomic mass is 10.1. The maximum absolute atomic E-state index is 12.6. The van der Waals surface area contributed by atoms with Crippen LogP contribution in [-0.2, 0) is 10.0 Å². The summed E-state index contributed by atoms with van der Waals surface area (Å²) in [6.45, 7) is 0. The molecule has 0 unspecified atom stereocenters. The topological polar surface area (TPSA) is 125 Å². The molecule has 0 atom stereocenters. The highest BCUT2D eigenvalue weighted by Crippen LogP contribution is 2.25. The highest BCUT2D eigenvalue weighted by atomic mass is 32.2. The minimum atomic E-state index is -3.95. The predicted octanol–water partition coefficient (Wildman–Crippen LogP) is 2.89. The average Bonchev–Trinajstić information content (AvgIpc) is 3.14. The number of hydrogen-bond acceptors (Lipinski definition) is 6. The largest absolute Gasteiger partial charge is 0.478 e. The zero-order valence-electron chi connectivity index (χ0n) is 13.6. The molecule has 3 rings (SSSR count). The third kappa shape index (κ3) is 4.30. The number of nitrogens with zero attached hydrogens (tertiary/aromatic N) is 1. The lowest BCUT2D eigenvalue weighted by Crippen LogP contribution is -2.18. The minimum absolute atomic E-state index is 0.0437. The molecule has 0 fully saturated rings. The van der Waals surface area contributed by atoms with Crippen molar-refractivity contribution in [3.05, 3.63) is 71.2 Å². The predicted molar refractivity (Wildman–Crippen MR) is 101 cm³/mol. The van der Waals surface area contributed by atoms with E-state index in [9.17, 15) is 18.0 Å². The zero-order valence-corrected chi connectivity index (χ0v) is 15.3. The number of carboxylic acid groups (broad SMARTS) is 1. The van der Waals surface area contributed by atoms with Crippen LogP contribution in [0.2, 0.25) is 0 Å². The molecular formula is C17H13N3O5S2. The van der Waals surface area contributed by atoms with Crippen LogP contribution in [0.25, 0.3) is 0 Å². The van der Waals surface area contributed by atoms with Crippen LogP contribution in [0.3, 0.4) is 0 Å². The van der Waals surface area contributed by atoms with Crippen LogP contribution in [0.1, 0.15) is 20.7 Å². The molecule has 0 aliphatic rings. The summed E-state index contributed by atoms with van der Waals surface area (Å²) in [7, 11) is -3.95. The van der Waals surface area contributed by atoms with Gasteiger partial charge >= 0.3 is 5.97 Å². The van der Waals surface area contributed by atoms with Crippen molar-refractivity contribution in [2.45, 2.75) is 4.90 Å². The number of sulfonamides is 1. The first kappa shape index (κ1) is 18.5. The fourth-order valence-electron chi connectivity index (χ4n) is 2.21. The first-order valence-electron chi connectivity index (χ1n) is 7.53. The Balaban J connectivity index is 1.85. The Morgan fingerprint density at radius 2 is 1.67 bits per heavy atom. The Bertz CT molecular complexity index is 1080. The first-order valence-corrected chi connectivity index (χ1v) is 9.89. The molecule has 0 radical (unpaired) electrons. The van der Waals surface area contributed by atoms with Gasteiger partial charge < -0.3 is 10.4 Å². The van der Waals surface area contributed by atoms with Gasteiger partial charge in [-0.15, -0.1) is 11.3 Å². The molecule has 1 heterocycles. The molecule has 27 heavy (non-hydrogen) atoms. The Hall–Kier alpha value is -3.24. The number of carboxylic acids is 1. The second kappa shape index (κ2) is 7.56. The number of aromatic nitrogens is 1. The maximum atomic E-state index is 12.6. The molecule has 8 nitrogen and oxygen atoms in total. The highest BCUT2D eigenvalue weighted by Gasteiger charge is 2.21. The fourth-order valence-corrected chi connectivity index (χ4v) is 4.16. The summed E-state index contributed by atoms with van der Waals surface area (Å²) in [6.07, 6.45) is 1.47. The van der Waals surface area contributed by atoms with E-state index in [0.717, 1.165) is 11.3 Å². The van der Waals surface area contributed by atoms with E-state index >= 15 is 0 Å². The van der Waals surface area contributed by atoms with Crippen LogP contribution in [0.15, 0.2) is 65.0 Å². The highest BCUT2D eigenvalue weighted by molar-refractivity contribution is 7.93. The summed E-state index contributed by atoms with van der Waals surface area (Å²) in [5.41, 5.74) is 0.330. The average molecular weight is 403 g/mol. The van der Waals surface area contributed by atoms with Gasteiger partial charge in [0, 0.05) is 17.1 Å². The second-order valence-electron chi connectivity index (χ2n) is 5.28. The normalized spacial score (nSPS) is 11.0. The number of para-hydroxylation sites is 1. The lowest BCUT2D eigenvalue weighted by Gasteiger charge is -2.12. The number of carbonyl (C=O) groups is 2. The fraction of sp³-hybridized carbons (Fsp3) is 0. The van der Waals surface area contributed by atoms with Gasteiger partial charge in [-0.25, -0.2) is 18.2 Å². The molecule has 10 heteroatoms. The van der Waals surface area contributed by atoms with Crippen molar-refractivity contribution in [2.75, 3.05) is 10.0 Å². The number of benzene rings is 2. The Kier molecular flexibility index (Phi) is 5.19. The smallest absolute Gasteiger partial charge is 0.335 e. The van der Waals surface area contributed by atoms with Gasteiger partial charge in [-0.3, -0.25) is 9.52 Å². The van der Waals surface area contributed by atoms with E-state index in [1.54, 1.807) is 11.4 Å². The molecule has 0 aliphatic heterocycles. The quantitative estimate of drug-likeness (QED) is 0.581. The molecule has 1 amide bonds. The molecule has 2 aromatic carbocycles. The monoisotopic (exact) mass is 403 g/mol. The van der Waals surface area contributed by atoms with Crippen LogP contribution in [-0.4, -0.2) is 30.4 Å². The Labute approximate surface area is 158 Å². The second-order valence-corrected chi connectivity index (χ2v) is 7.82. The molecule has 1 aromatic heterocycles. The third-order valence-corrected chi connectivity index (χ3v) is 5.69. The summed E-state index contributed by atoms with van der Waals surface area (Å²) in [6, 6.07) is 11.2. The van der Waals surface area contributed by atoms with Gasteiger partial charge in [0.15, 0.2) is 5.13 Å². The number of carbonyl (C=O) groups excluding carboxylic acids is 1. The number of nitrogens with one attached hydrogen (secondary N) is 2. The molecule has 0 bridgehead atoms. The lowest BCUT2D eigenvalue weighted by molar-refractivity contribution is 0.0696. The summed E-state index contributed by atoms with van der Waals surface area (Å²) in [4.78, 5) is 27.1. The Morgan fingerprint density at radius 3 is 2.30 bits per heavy atom. The van der Waals surface area contributed by atoms with Gasteiger partial charge in [0.05, 0.1) is 11.3 Å². The van der Waals surface area contributed by atoms with E-state index in [1.165, 1.54) is 48.7 Å². The van der Waals surface area contributed by atoms with E-state index < -0.39 is 21.9 Å². The van der Waals surface area contributed by atoms with Gasteiger partial charge in [0.1, 0.15) is 4.90 Å². The van der Waals surface area contributed by atoms with Crippen LogP contribution in [0, 0.1) is 0 Å². The molecule has 3 aromatic rings. The minimum Gasteiger partial charge on any atom is -0.478 e. The van der Waals surface area contributed by atoms with E-state index in [4.69, 9.17) is 5.11 Å². The molecule has 0 saturated carbocycles.